The molecule has 9 nitrogen and oxygen atoms in total. The van der Waals surface area contributed by atoms with Gasteiger partial charge in [-0.3, -0.25) is 14.2 Å². The van der Waals surface area contributed by atoms with Crippen LogP contribution in [-0.2, 0) is 11.3 Å². The first kappa shape index (κ1) is 32.3. The third-order valence-corrected chi connectivity index (χ3v) is 8.17. The second-order valence-corrected chi connectivity index (χ2v) is 13.4. The lowest BCUT2D eigenvalue weighted by molar-refractivity contribution is 0.0519. The van der Waals surface area contributed by atoms with Crippen molar-refractivity contribution in [2.24, 2.45) is 5.92 Å². The molecule has 2 aromatic carbocycles. The van der Waals surface area contributed by atoms with E-state index >= 15 is 0 Å². The number of carbonyl (C=O) groups is 2. The molecule has 228 valence electrons. The van der Waals surface area contributed by atoms with Gasteiger partial charge in [-0.05, 0) is 81.4 Å². The molecule has 0 aliphatic carbocycles. The predicted molar refractivity (Wildman–Crippen MR) is 174 cm³/mol. The number of aromatic nitrogens is 3. The number of ether oxygens (including phenoxy) is 1. The van der Waals surface area contributed by atoms with Crippen molar-refractivity contribution in [3.8, 4) is 0 Å². The van der Waals surface area contributed by atoms with Crippen LogP contribution in [-0.4, -0.2) is 49.5 Å². The van der Waals surface area contributed by atoms with E-state index < -0.39 is 17.7 Å². The molecular weight excluding hydrogens is 630 g/mol. The van der Waals surface area contributed by atoms with Crippen molar-refractivity contribution in [2.45, 2.75) is 66.2 Å². The fourth-order valence-electron chi connectivity index (χ4n) is 4.90. The van der Waals surface area contributed by atoms with Gasteiger partial charge in [-0.25, -0.2) is 9.78 Å². The number of carbonyl (C=O) groups excluding carboxylic acids is 2. The molecule has 1 N–H and O–H groups in total. The Morgan fingerprint density at radius 3 is 2.40 bits per heavy atom. The molecule has 1 unspecified atom stereocenters. The van der Waals surface area contributed by atoms with Gasteiger partial charge in [0, 0.05) is 23.1 Å². The predicted octanol–water partition coefficient (Wildman–Crippen LogP) is 6.73. The van der Waals surface area contributed by atoms with Gasteiger partial charge in [0.25, 0.3) is 11.5 Å². The maximum absolute atomic E-state index is 14.2. The average molecular weight is 669 g/mol. The Morgan fingerprint density at radius 2 is 1.77 bits per heavy atom. The summed E-state index contributed by atoms with van der Waals surface area (Å²) in [6, 6.07) is 16.4. The van der Waals surface area contributed by atoms with Gasteiger partial charge in [-0.15, -0.1) is 0 Å². The lowest BCUT2D eigenvalue weighted by atomic mass is 9.99. The Balaban J connectivity index is 1.77. The molecule has 2 amide bonds. The molecule has 4 aromatic rings. The van der Waals surface area contributed by atoms with Crippen molar-refractivity contribution in [1.29, 1.82) is 0 Å². The van der Waals surface area contributed by atoms with Crippen molar-refractivity contribution in [1.82, 2.24) is 24.1 Å². The number of nitrogens with zero attached hydrogens (tertiary/aromatic N) is 4. The van der Waals surface area contributed by atoms with Crippen LogP contribution < -0.4 is 10.9 Å². The number of aryl methyl sites for hydroxylation is 1. The number of benzene rings is 2. The van der Waals surface area contributed by atoms with Crippen LogP contribution in [0.4, 0.5) is 4.79 Å². The highest BCUT2D eigenvalue weighted by atomic mass is 79.9. The number of nitrogens with one attached hydrogen (secondary N) is 1. The van der Waals surface area contributed by atoms with Gasteiger partial charge in [0.15, 0.2) is 4.83 Å². The first-order valence-corrected chi connectivity index (χ1v) is 15.9. The number of amides is 2. The normalized spacial score (nSPS) is 12.4. The molecule has 0 fully saturated rings. The summed E-state index contributed by atoms with van der Waals surface area (Å²) in [4.78, 5) is 47.8. The van der Waals surface area contributed by atoms with Crippen LogP contribution in [0, 0.1) is 12.8 Å². The second-order valence-electron chi connectivity index (χ2n) is 11.8. The van der Waals surface area contributed by atoms with E-state index in [4.69, 9.17) is 9.72 Å². The van der Waals surface area contributed by atoms with E-state index in [1.165, 1.54) is 11.5 Å². The fraction of sp³-hybridized carbons (Fsp3) is 0.406. The van der Waals surface area contributed by atoms with Crippen molar-refractivity contribution >= 4 is 49.7 Å². The van der Waals surface area contributed by atoms with Gasteiger partial charge < -0.3 is 15.0 Å². The summed E-state index contributed by atoms with van der Waals surface area (Å²) in [5.74, 6) is 0.216. The molecule has 0 radical (unpaired) electrons. The van der Waals surface area contributed by atoms with Gasteiger partial charge >= 0.3 is 6.09 Å². The Bertz CT molecular complexity index is 1630. The number of hydrogen-bond acceptors (Lipinski definition) is 7. The van der Waals surface area contributed by atoms with Gasteiger partial charge in [-0.1, -0.05) is 60.1 Å². The van der Waals surface area contributed by atoms with Crippen LogP contribution in [0.5, 0.6) is 0 Å². The van der Waals surface area contributed by atoms with E-state index in [1.54, 1.807) is 21.6 Å². The van der Waals surface area contributed by atoms with Crippen LogP contribution in [0.25, 0.3) is 10.2 Å². The maximum atomic E-state index is 14.2. The zero-order chi connectivity index (χ0) is 31.3. The molecule has 1 atom stereocenters. The summed E-state index contributed by atoms with van der Waals surface area (Å²) in [5, 5.41) is 3.29. The summed E-state index contributed by atoms with van der Waals surface area (Å²) < 4.78 is 12.3. The van der Waals surface area contributed by atoms with Crippen LogP contribution in [0.15, 0.2) is 63.9 Å². The Morgan fingerprint density at radius 1 is 1.09 bits per heavy atom. The molecule has 0 aliphatic heterocycles. The number of hydrogen-bond donors (Lipinski definition) is 1. The third kappa shape index (κ3) is 8.08. The van der Waals surface area contributed by atoms with Gasteiger partial charge in [-0.2, -0.15) is 4.37 Å². The largest absolute Gasteiger partial charge is 0.444 e. The van der Waals surface area contributed by atoms with Crippen molar-refractivity contribution in [3.63, 3.8) is 0 Å². The molecule has 2 aromatic heterocycles. The first-order valence-electron chi connectivity index (χ1n) is 14.3. The van der Waals surface area contributed by atoms with Gasteiger partial charge in [0.2, 0.25) is 0 Å². The molecule has 0 aliphatic rings. The average Bonchev–Trinajstić information content (AvgIpc) is 3.32. The van der Waals surface area contributed by atoms with Crippen LogP contribution in [0.2, 0.25) is 0 Å². The fourth-order valence-corrected chi connectivity index (χ4v) is 5.94. The number of halogens is 1. The molecular formula is C32H38BrN5O4S. The summed E-state index contributed by atoms with van der Waals surface area (Å²) in [7, 11) is 0. The second kappa shape index (κ2) is 13.8. The molecule has 43 heavy (non-hydrogen) atoms. The van der Waals surface area contributed by atoms with Crippen molar-refractivity contribution < 1.29 is 14.3 Å². The van der Waals surface area contributed by atoms with Gasteiger partial charge in [0.05, 0.1) is 23.7 Å². The minimum Gasteiger partial charge on any atom is -0.444 e. The number of rotatable bonds is 10. The highest BCUT2D eigenvalue weighted by molar-refractivity contribution is 9.10. The molecule has 0 bridgehead atoms. The van der Waals surface area contributed by atoms with E-state index in [-0.39, 0.29) is 17.4 Å². The lowest BCUT2D eigenvalue weighted by Crippen LogP contribution is -2.43. The highest BCUT2D eigenvalue weighted by Gasteiger charge is 2.33. The molecule has 11 heteroatoms. The zero-order valence-corrected chi connectivity index (χ0v) is 27.8. The summed E-state index contributed by atoms with van der Waals surface area (Å²) in [5.41, 5.74) is 1.31. The van der Waals surface area contributed by atoms with Crippen molar-refractivity contribution in [2.75, 3.05) is 13.1 Å². The van der Waals surface area contributed by atoms with E-state index in [2.05, 4.69) is 25.6 Å². The molecule has 2 heterocycles. The monoisotopic (exact) mass is 667 g/mol. The van der Waals surface area contributed by atoms with E-state index in [9.17, 15) is 14.4 Å². The van der Waals surface area contributed by atoms with Crippen LogP contribution >= 0.6 is 27.5 Å². The van der Waals surface area contributed by atoms with Crippen LogP contribution in [0.3, 0.4) is 0 Å². The lowest BCUT2D eigenvalue weighted by Gasteiger charge is -2.35. The zero-order valence-electron chi connectivity index (χ0n) is 25.4. The third-order valence-electron chi connectivity index (χ3n) is 6.81. The first-order chi connectivity index (χ1) is 20.4. The molecule has 0 saturated heterocycles. The Labute approximate surface area is 264 Å². The smallest absolute Gasteiger partial charge is 0.407 e. The Kier molecular flexibility index (Phi) is 10.4. The molecule has 0 saturated carbocycles. The summed E-state index contributed by atoms with van der Waals surface area (Å²) in [6.07, 6.45) is -0.0432. The minimum absolute atomic E-state index is 0.0985. The van der Waals surface area contributed by atoms with E-state index in [0.717, 1.165) is 10.0 Å². The maximum Gasteiger partial charge on any atom is 0.407 e. The van der Waals surface area contributed by atoms with E-state index in [1.807, 2.05) is 84.0 Å². The summed E-state index contributed by atoms with van der Waals surface area (Å²) >= 11 is 4.64. The quantitative estimate of drug-likeness (QED) is 0.188. The van der Waals surface area contributed by atoms with Crippen LogP contribution in [0.1, 0.15) is 74.5 Å². The van der Waals surface area contributed by atoms with Gasteiger partial charge in [0.1, 0.15) is 11.4 Å². The molecule has 4 rings (SSSR count). The molecule has 0 spiro atoms. The highest BCUT2D eigenvalue weighted by Crippen LogP contribution is 2.31. The topological polar surface area (TPSA) is 106 Å². The number of fused-ring (bicyclic) bond motifs is 1. The minimum atomic E-state index is -0.613. The summed E-state index contributed by atoms with van der Waals surface area (Å²) in [6.45, 7) is 12.2. The van der Waals surface area contributed by atoms with E-state index in [0.29, 0.717) is 53.4 Å². The number of alkyl carbamates (subject to hydrolysis) is 1. The SMILES string of the molecule is Cc1nsc2nc(C(C(C)C)N(CCCNC(=O)OC(C)(C)C)C(=O)c3ccc(Br)cc3)n(Cc3ccccc3)c(=O)c12. The van der Waals surface area contributed by atoms with Crippen molar-refractivity contribution in [3.05, 3.63) is 92.1 Å². The Hall–Kier alpha value is -3.57. The standard InChI is InChI=1S/C32H38BrN5O4S/c1-20(2)26(27-35-28-25(21(3)36-43-28)30(40)38(27)19-22-11-8-7-9-12-22)37(29(39)23-13-15-24(33)16-14-23)18-10-17-34-31(41)42-32(4,5)6/h7-9,11-16,20,26H,10,17-19H2,1-6H3,(H,34,41).